The van der Waals surface area contributed by atoms with Gasteiger partial charge in [0.15, 0.2) is 11.4 Å². The van der Waals surface area contributed by atoms with Crippen molar-refractivity contribution in [3.63, 3.8) is 0 Å². The van der Waals surface area contributed by atoms with Gasteiger partial charge in [0, 0.05) is 6.61 Å². The lowest BCUT2D eigenvalue weighted by atomic mass is 9.99. The highest BCUT2D eigenvalue weighted by Crippen LogP contribution is 2.35. The summed E-state index contributed by atoms with van der Waals surface area (Å²) in [6, 6.07) is 0. The fourth-order valence-electron chi connectivity index (χ4n) is 1.94. The lowest BCUT2D eigenvalue weighted by molar-refractivity contribution is -0.146. The smallest absolute Gasteiger partial charge is 0.331 e. The van der Waals surface area contributed by atoms with Gasteiger partial charge in [-0.2, -0.15) is 0 Å². The Balaban J connectivity index is 2.45. The summed E-state index contributed by atoms with van der Waals surface area (Å²) in [6.45, 7) is 5.66. The number of hydrogen-bond acceptors (Lipinski definition) is 5. The molecular formula is C10H16N4O3. The summed E-state index contributed by atoms with van der Waals surface area (Å²) >= 11 is 0. The number of nitrogens with zero attached hydrogens (tertiary/aromatic N) is 4. The summed E-state index contributed by atoms with van der Waals surface area (Å²) in [6.07, 6.45) is 1.72. The molecule has 0 aliphatic carbocycles. The summed E-state index contributed by atoms with van der Waals surface area (Å²) in [4.78, 5) is 11.2. The normalized spacial score (nSPS) is 25.1. The highest BCUT2D eigenvalue weighted by molar-refractivity contribution is 5.75. The van der Waals surface area contributed by atoms with E-state index >= 15 is 0 Å². The average Bonchev–Trinajstić information content (AvgIpc) is 2.85. The largest absolute Gasteiger partial charge is 0.479 e. The van der Waals surface area contributed by atoms with Crippen LogP contribution >= 0.6 is 0 Å². The molecule has 0 bridgehead atoms. The number of carboxylic acids is 1. The van der Waals surface area contributed by atoms with E-state index in [-0.39, 0.29) is 0 Å². The third-order valence-corrected chi connectivity index (χ3v) is 3.21. The minimum atomic E-state index is -1.19. The van der Waals surface area contributed by atoms with Crippen molar-refractivity contribution in [2.24, 2.45) is 0 Å². The molecule has 0 spiro atoms. The Kier molecular flexibility index (Phi) is 2.65. The molecule has 2 rings (SSSR count). The van der Waals surface area contributed by atoms with Gasteiger partial charge in [0.1, 0.15) is 5.60 Å². The van der Waals surface area contributed by atoms with Gasteiger partial charge in [-0.1, -0.05) is 0 Å². The molecule has 0 aromatic carbocycles. The molecule has 7 nitrogen and oxygen atoms in total. The molecule has 1 aromatic heterocycles. The second-order valence-corrected chi connectivity index (χ2v) is 4.96. The lowest BCUT2D eigenvalue weighted by Gasteiger charge is -2.27. The summed E-state index contributed by atoms with van der Waals surface area (Å²) in [5.41, 5.74) is -1.77. The first kappa shape index (κ1) is 12.0. The summed E-state index contributed by atoms with van der Waals surface area (Å²) < 4.78 is 6.98. The maximum Gasteiger partial charge on any atom is 0.331 e. The molecule has 1 fully saturated rings. The molecule has 1 unspecified atom stereocenters. The molecule has 1 aliphatic rings. The standard InChI is InChI=1S/C10H16N4O3/c1-9(2,8(15)16)14-7(11-12-13-14)10(3)5-4-6-17-10/h4-6H2,1-3H3,(H,15,16). The van der Waals surface area contributed by atoms with Crippen LogP contribution in [0.1, 0.15) is 39.4 Å². The summed E-state index contributed by atoms with van der Waals surface area (Å²) in [7, 11) is 0. The molecular weight excluding hydrogens is 224 g/mol. The highest BCUT2D eigenvalue weighted by atomic mass is 16.5. The second-order valence-electron chi connectivity index (χ2n) is 4.96. The zero-order chi connectivity index (χ0) is 12.7. The Morgan fingerprint density at radius 1 is 1.59 bits per heavy atom. The topological polar surface area (TPSA) is 90.1 Å². The van der Waals surface area contributed by atoms with E-state index in [0.29, 0.717) is 12.4 Å². The Morgan fingerprint density at radius 2 is 2.29 bits per heavy atom. The van der Waals surface area contributed by atoms with Gasteiger partial charge in [0.05, 0.1) is 0 Å². The quantitative estimate of drug-likeness (QED) is 0.828. The molecule has 1 atom stereocenters. The molecule has 94 valence electrons. The van der Waals surface area contributed by atoms with Crippen molar-refractivity contribution in [3.05, 3.63) is 5.82 Å². The molecule has 0 radical (unpaired) electrons. The van der Waals surface area contributed by atoms with Gasteiger partial charge in [-0.15, -0.1) is 5.10 Å². The highest BCUT2D eigenvalue weighted by Gasteiger charge is 2.42. The number of aromatic nitrogens is 4. The van der Waals surface area contributed by atoms with Crippen molar-refractivity contribution in [1.82, 2.24) is 20.2 Å². The number of hydrogen-bond donors (Lipinski definition) is 1. The number of aliphatic carboxylic acids is 1. The molecule has 2 heterocycles. The SMILES string of the molecule is CC1(c2nnnn2C(C)(C)C(=O)O)CCCO1. The number of carbonyl (C=O) groups is 1. The summed E-state index contributed by atoms with van der Waals surface area (Å²) in [5, 5.41) is 20.5. The van der Waals surface area contributed by atoms with Crippen molar-refractivity contribution in [1.29, 1.82) is 0 Å². The van der Waals surface area contributed by atoms with E-state index in [1.807, 2.05) is 6.92 Å². The van der Waals surface area contributed by atoms with Crippen LogP contribution in [-0.2, 0) is 20.7 Å². The van der Waals surface area contributed by atoms with Crippen LogP contribution < -0.4 is 0 Å². The monoisotopic (exact) mass is 240 g/mol. The van der Waals surface area contributed by atoms with Crippen molar-refractivity contribution >= 4 is 5.97 Å². The van der Waals surface area contributed by atoms with E-state index in [1.165, 1.54) is 4.68 Å². The lowest BCUT2D eigenvalue weighted by Crippen LogP contribution is -2.41. The Morgan fingerprint density at radius 3 is 2.82 bits per heavy atom. The fraction of sp³-hybridized carbons (Fsp3) is 0.800. The van der Waals surface area contributed by atoms with E-state index < -0.39 is 17.1 Å². The third kappa shape index (κ3) is 1.80. The van der Waals surface area contributed by atoms with Gasteiger partial charge in [-0.3, -0.25) is 0 Å². The molecule has 0 saturated carbocycles. The first-order chi connectivity index (χ1) is 7.88. The summed E-state index contributed by atoms with van der Waals surface area (Å²) in [5.74, 6) is -0.505. The van der Waals surface area contributed by atoms with E-state index in [4.69, 9.17) is 4.74 Å². The maximum absolute atomic E-state index is 11.2. The van der Waals surface area contributed by atoms with Gasteiger partial charge < -0.3 is 9.84 Å². The third-order valence-electron chi connectivity index (χ3n) is 3.21. The number of carboxylic acid groups (broad SMARTS) is 1. The number of tetrazole rings is 1. The van der Waals surface area contributed by atoms with Crippen LogP contribution in [0.4, 0.5) is 0 Å². The van der Waals surface area contributed by atoms with Crippen molar-refractivity contribution in [3.8, 4) is 0 Å². The zero-order valence-corrected chi connectivity index (χ0v) is 10.2. The first-order valence-corrected chi connectivity index (χ1v) is 5.54. The Hall–Kier alpha value is -1.50. The zero-order valence-electron chi connectivity index (χ0n) is 10.2. The van der Waals surface area contributed by atoms with Crippen LogP contribution in [0.15, 0.2) is 0 Å². The molecule has 17 heavy (non-hydrogen) atoms. The van der Waals surface area contributed by atoms with Crippen LogP contribution in [-0.4, -0.2) is 37.9 Å². The maximum atomic E-state index is 11.2. The molecule has 1 saturated heterocycles. The van der Waals surface area contributed by atoms with Crippen LogP contribution in [0.3, 0.4) is 0 Å². The van der Waals surface area contributed by atoms with Gasteiger partial charge in [0.2, 0.25) is 0 Å². The molecule has 1 N–H and O–H groups in total. The van der Waals surface area contributed by atoms with Gasteiger partial charge >= 0.3 is 5.97 Å². The second kappa shape index (κ2) is 3.76. The average molecular weight is 240 g/mol. The van der Waals surface area contributed by atoms with Crippen LogP contribution in [0.25, 0.3) is 0 Å². The van der Waals surface area contributed by atoms with E-state index in [0.717, 1.165) is 12.8 Å². The van der Waals surface area contributed by atoms with E-state index in [2.05, 4.69) is 15.5 Å². The predicted molar refractivity (Wildman–Crippen MR) is 57.3 cm³/mol. The van der Waals surface area contributed by atoms with Crippen molar-refractivity contribution in [2.75, 3.05) is 6.61 Å². The number of ether oxygens (including phenoxy) is 1. The van der Waals surface area contributed by atoms with Crippen LogP contribution in [0.2, 0.25) is 0 Å². The molecule has 1 aromatic rings. The number of rotatable bonds is 3. The van der Waals surface area contributed by atoms with Gasteiger partial charge in [0.25, 0.3) is 0 Å². The van der Waals surface area contributed by atoms with Gasteiger partial charge in [-0.25, -0.2) is 9.48 Å². The van der Waals surface area contributed by atoms with E-state index in [9.17, 15) is 9.90 Å². The predicted octanol–water partition coefficient (Wildman–Crippen LogP) is 0.518. The van der Waals surface area contributed by atoms with Crippen molar-refractivity contribution in [2.45, 2.75) is 44.8 Å². The first-order valence-electron chi connectivity index (χ1n) is 5.54. The molecule has 0 amide bonds. The van der Waals surface area contributed by atoms with Crippen LogP contribution in [0, 0.1) is 0 Å². The van der Waals surface area contributed by atoms with E-state index in [1.54, 1.807) is 13.8 Å². The fourth-order valence-corrected chi connectivity index (χ4v) is 1.94. The van der Waals surface area contributed by atoms with Gasteiger partial charge in [-0.05, 0) is 44.0 Å². The molecule has 1 aliphatic heterocycles. The van der Waals surface area contributed by atoms with Crippen molar-refractivity contribution < 1.29 is 14.6 Å². The molecule has 7 heteroatoms. The minimum Gasteiger partial charge on any atom is -0.479 e. The Labute approximate surface area is 98.8 Å². The Bertz CT molecular complexity index is 435. The minimum absolute atomic E-state index is 0.474. The van der Waals surface area contributed by atoms with Crippen LogP contribution in [0.5, 0.6) is 0 Å².